The van der Waals surface area contributed by atoms with E-state index in [1.165, 1.54) is 12.8 Å². The maximum Gasteiger partial charge on any atom is 0.232 e. The zero-order chi connectivity index (χ0) is 17.4. The lowest BCUT2D eigenvalue weighted by Crippen LogP contribution is -2.19. The molecule has 0 aliphatic carbocycles. The third-order valence-corrected chi connectivity index (χ3v) is 4.81. The lowest BCUT2D eigenvalue weighted by molar-refractivity contribution is 0.101. The zero-order valence-corrected chi connectivity index (χ0v) is 14.2. The van der Waals surface area contributed by atoms with E-state index >= 15 is 0 Å². The number of rotatable bonds is 3. The van der Waals surface area contributed by atoms with Gasteiger partial charge in [0.2, 0.25) is 5.78 Å². The van der Waals surface area contributed by atoms with Crippen molar-refractivity contribution in [1.82, 2.24) is 9.88 Å². The number of allylic oxidation sites excluding steroid dienone is 1. The van der Waals surface area contributed by atoms with Crippen LogP contribution in [0.2, 0.25) is 0 Å². The van der Waals surface area contributed by atoms with Gasteiger partial charge in [0.05, 0.1) is 11.1 Å². The highest BCUT2D eigenvalue weighted by Gasteiger charge is 2.33. The second-order valence-corrected chi connectivity index (χ2v) is 6.60. The Balaban J connectivity index is 1.73. The van der Waals surface area contributed by atoms with Crippen molar-refractivity contribution in [2.75, 3.05) is 13.1 Å². The average molecular weight is 336 g/mol. The molecule has 0 unspecified atom stereocenters. The number of Topliss-reactive ketones (excluding diaryl/α,β-unsaturated/α-hetero) is 1. The topological polar surface area (TPSA) is 62.7 Å². The normalized spacial score (nSPS) is 18.6. The van der Waals surface area contributed by atoms with Gasteiger partial charge in [0.25, 0.3) is 0 Å². The van der Waals surface area contributed by atoms with Crippen LogP contribution in [0.5, 0.6) is 11.5 Å². The highest BCUT2D eigenvalue weighted by molar-refractivity contribution is 6.15. The predicted octanol–water partition coefficient (Wildman–Crippen LogP) is 3.31. The largest absolute Gasteiger partial charge is 0.507 e. The van der Waals surface area contributed by atoms with Crippen molar-refractivity contribution in [1.29, 1.82) is 0 Å². The molecular weight excluding hydrogens is 316 g/mol. The molecule has 2 aliphatic rings. The average Bonchev–Trinajstić information content (AvgIpc) is 3.21. The molecule has 2 aromatic rings. The molecule has 0 bridgehead atoms. The SMILES string of the molecule is Cc1cc(O)c(CN2CCCC2)c2c1C(=O)/C(=C/c1ccncc1)O2. The maximum absolute atomic E-state index is 12.8. The number of carbonyl (C=O) groups excluding carboxylic acids is 1. The molecule has 1 aromatic carbocycles. The van der Waals surface area contributed by atoms with E-state index in [0.29, 0.717) is 23.4 Å². The van der Waals surface area contributed by atoms with Crippen LogP contribution in [0, 0.1) is 6.92 Å². The first-order valence-electron chi connectivity index (χ1n) is 8.55. The molecule has 1 saturated heterocycles. The van der Waals surface area contributed by atoms with Crippen molar-refractivity contribution < 1.29 is 14.6 Å². The molecule has 0 saturated carbocycles. The van der Waals surface area contributed by atoms with Crippen LogP contribution in [-0.2, 0) is 6.54 Å². The minimum Gasteiger partial charge on any atom is -0.507 e. The predicted molar refractivity (Wildman–Crippen MR) is 94.5 cm³/mol. The Hall–Kier alpha value is -2.66. The summed E-state index contributed by atoms with van der Waals surface area (Å²) in [5.41, 5.74) is 2.86. The number of hydrogen-bond donors (Lipinski definition) is 1. The van der Waals surface area contributed by atoms with Gasteiger partial charge in [0.1, 0.15) is 11.5 Å². The molecule has 0 spiro atoms. The van der Waals surface area contributed by atoms with Crippen molar-refractivity contribution in [3.05, 3.63) is 58.6 Å². The van der Waals surface area contributed by atoms with Crippen molar-refractivity contribution in [2.24, 2.45) is 0 Å². The smallest absolute Gasteiger partial charge is 0.232 e. The Morgan fingerprint density at radius 3 is 2.72 bits per heavy atom. The monoisotopic (exact) mass is 336 g/mol. The van der Waals surface area contributed by atoms with Crippen molar-refractivity contribution in [2.45, 2.75) is 26.3 Å². The summed E-state index contributed by atoms with van der Waals surface area (Å²) >= 11 is 0. The molecule has 1 N–H and O–H groups in total. The van der Waals surface area contributed by atoms with Gasteiger partial charge in [-0.1, -0.05) is 0 Å². The summed E-state index contributed by atoms with van der Waals surface area (Å²) in [5.74, 6) is 0.861. The minimum atomic E-state index is -0.132. The van der Waals surface area contributed by atoms with Gasteiger partial charge in [-0.05, 0) is 68.3 Å². The number of pyridine rings is 1. The molecule has 5 nitrogen and oxygen atoms in total. The number of nitrogens with zero attached hydrogens (tertiary/aromatic N) is 2. The highest BCUT2D eigenvalue weighted by Crippen LogP contribution is 2.42. The first-order chi connectivity index (χ1) is 12.1. The number of phenols is 1. The zero-order valence-electron chi connectivity index (χ0n) is 14.2. The Morgan fingerprint density at radius 2 is 2.00 bits per heavy atom. The first-order valence-corrected chi connectivity index (χ1v) is 8.55. The van der Waals surface area contributed by atoms with E-state index in [9.17, 15) is 9.90 Å². The molecule has 0 radical (unpaired) electrons. The van der Waals surface area contributed by atoms with Crippen LogP contribution in [0.25, 0.3) is 6.08 Å². The van der Waals surface area contributed by atoms with Gasteiger partial charge in [-0.25, -0.2) is 0 Å². The fourth-order valence-electron chi connectivity index (χ4n) is 3.51. The van der Waals surface area contributed by atoms with E-state index in [2.05, 4.69) is 9.88 Å². The Bertz CT molecular complexity index is 853. The molecule has 25 heavy (non-hydrogen) atoms. The minimum absolute atomic E-state index is 0.132. The van der Waals surface area contributed by atoms with Gasteiger partial charge < -0.3 is 9.84 Å². The van der Waals surface area contributed by atoms with Crippen molar-refractivity contribution >= 4 is 11.9 Å². The summed E-state index contributed by atoms with van der Waals surface area (Å²) < 4.78 is 5.93. The molecule has 1 aromatic heterocycles. The van der Waals surface area contributed by atoms with Crippen LogP contribution in [-0.4, -0.2) is 33.9 Å². The second-order valence-electron chi connectivity index (χ2n) is 6.60. The number of hydrogen-bond acceptors (Lipinski definition) is 5. The summed E-state index contributed by atoms with van der Waals surface area (Å²) in [6, 6.07) is 5.31. The van der Waals surface area contributed by atoms with Gasteiger partial charge in [0.15, 0.2) is 5.76 Å². The molecule has 4 rings (SSSR count). The van der Waals surface area contributed by atoms with Crippen molar-refractivity contribution in [3.8, 4) is 11.5 Å². The van der Waals surface area contributed by atoms with Gasteiger partial charge in [-0.15, -0.1) is 0 Å². The number of aromatic nitrogens is 1. The molecule has 128 valence electrons. The first kappa shape index (κ1) is 15.8. The van der Waals surface area contributed by atoms with Crippen LogP contribution in [0.3, 0.4) is 0 Å². The molecule has 0 atom stereocenters. The van der Waals surface area contributed by atoms with E-state index in [-0.39, 0.29) is 17.3 Å². The number of carbonyl (C=O) groups is 1. The molecule has 2 aliphatic heterocycles. The van der Waals surface area contributed by atoms with Crippen LogP contribution in [0.4, 0.5) is 0 Å². The number of fused-ring (bicyclic) bond motifs is 1. The fraction of sp³-hybridized carbons (Fsp3) is 0.300. The van der Waals surface area contributed by atoms with Gasteiger partial charge >= 0.3 is 0 Å². The summed E-state index contributed by atoms with van der Waals surface area (Å²) in [6.07, 6.45) is 7.41. The number of phenolic OH excluding ortho intramolecular Hbond substituents is 1. The second kappa shape index (κ2) is 6.33. The Labute approximate surface area is 146 Å². The van der Waals surface area contributed by atoms with Gasteiger partial charge in [-0.2, -0.15) is 0 Å². The number of ketones is 1. The van der Waals surface area contributed by atoms with E-state index in [0.717, 1.165) is 24.2 Å². The summed E-state index contributed by atoms with van der Waals surface area (Å²) in [4.78, 5) is 19.1. The summed E-state index contributed by atoms with van der Waals surface area (Å²) in [6.45, 7) is 4.45. The van der Waals surface area contributed by atoms with E-state index in [4.69, 9.17) is 4.74 Å². The lowest BCUT2D eigenvalue weighted by atomic mass is 9.99. The van der Waals surface area contributed by atoms with Gasteiger partial charge in [0, 0.05) is 18.9 Å². The fourth-order valence-corrected chi connectivity index (χ4v) is 3.51. The molecule has 3 heterocycles. The standard InChI is InChI=1S/C20H20N2O3/c1-13-10-16(23)15(12-22-8-2-3-9-22)20-18(13)19(24)17(25-20)11-14-4-6-21-7-5-14/h4-7,10-11,23H,2-3,8-9,12H2,1H3/b17-11-. The Kier molecular flexibility index (Phi) is 4.01. The van der Waals surface area contributed by atoms with Crippen LogP contribution >= 0.6 is 0 Å². The summed E-state index contributed by atoms with van der Waals surface area (Å²) in [7, 11) is 0. The van der Waals surface area contributed by atoms with E-state index in [1.807, 2.05) is 19.1 Å². The third kappa shape index (κ3) is 2.91. The van der Waals surface area contributed by atoms with Crippen LogP contribution in [0.15, 0.2) is 36.4 Å². The van der Waals surface area contributed by atoms with E-state index < -0.39 is 0 Å². The summed E-state index contributed by atoms with van der Waals surface area (Å²) in [5, 5.41) is 10.4. The molecule has 1 fully saturated rings. The van der Waals surface area contributed by atoms with Crippen LogP contribution < -0.4 is 4.74 Å². The Morgan fingerprint density at radius 1 is 1.28 bits per heavy atom. The number of benzene rings is 1. The quantitative estimate of drug-likeness (QED) is 0.871. The van der Waals surface area contributed by atoms with Crippen LogP contribution in [0.1, 0.15) is 39.9 Å². The van der Waals surface area contributed by atoms with E-state index in [1.54, 1.807) is 24.5 Å². The number of aromatic hydroxyl groups is 1. The highest BCUT2D eigenvalue weighted by atomic mass is 16.5. The molecule has 5 heteroatoms. The third-order valence-electron chi connectivity index (χ3n) is 4.81. The molecular formula is C20H20N2O3. The number of aryl methyl sites for hydroxylation is 1. The number of likely N-dealkylation sites (tertiary alicyclic amines) is 1. The van der Waals surface area contributed by atoms with Crippen molar-refractivity contribution in [3.63, 3.8) is 0 Å². The lowest BCUT2D eigenvalue weighted by Gasteiger charge is -2.18. The number of ether oxygens (including phenoxy) is 1. The maximum atomic E-state index is 12.8. The molecule has 0 amide bonds. The van der Waals surface area contributed by atoms with Gasteiger partial charge in [-0.3, -0.25) is 14.7 Å².